The normalized spacial score (nSPS) is 10.6. The molecule has 5 heteroatoms. The fourth-order valence-electron chi connectivity index (χ4n) is 2.39. The number of methoxy groups -OCH3 is 2. The number of fused-ring (bicyclic) bond motifs is 1. The summed E-state index contributed by atoms with van der Waals surface area (Å²) in [5.74, 6) is 1.69. The van der Waals surface area contributed by atoms with Gasteiger partial charge in [0.15, 0.2) is 11.5 Å². The van der Waals surface area contributed by atoms with Gasteiger partial charge >= 0.3 is 0 Å². The lowest BCUT2D eigenvalue weighted by atomic mass is 10.1. The summed E-state index contributed by atoms with van der Waals surface area (Å²) in [5, 5.41) is 0.481. The molecule has 0 aliphatic heterocycles. The second-order valence-corrected chi connectivity index (χ2v) is 4.90. The minimum atomic E-state index is -0.183. The van der Waals surface area contributed by atoms with Crippen LogP contribution in [0.4, 0.5) is 0 Å². The van der Waals surface area contributed by atoms with Crippen LogP contribution in [0.25, 0.3) is 10.9 Å². The first-order valence-electron chi connectivity index (χ1n) is 6.90. The summed E-state index contributed by atoms with van der Waals surface area (Å²) in [5.41, 5.74) is 1.50. The Balaban J connectivity index is 2.09. The molecule has 0 atom stereocenters. The van der Waals surface area contributed by atoms with Gasteiger partial charge in [-0.05, 0) is 11.6 Å². The third-order valence-corrected chi connectivity index (χ3v) is 3.47. The van der Waals surface area contributed by atoms with Crippen LogP contribution in [0.2, 0.25) is 0 Å². The van der Waals surface area contributed by atoms with Crippen LogP contribution in [0.3, 0.4) is 0 Å². The van der Waals surface area contributed by atoms with Crippen LogP contribution in [0.5, 0.6) is 11.5 Å². The molecule has 0 bridgehead atoms. The summed E-state index contributed by atoms with van der Waals surface area (Å²) < 4.78 is 10.5. The van der Waals surface area contributed by atoms with E-state index in [9.17, 15) is 4.79 Å². The van der Waals surface area contributed by atoms with E-state index in [0.29, 0.717) is 34.6 Å². The summed E-state index contributed by atoms with van der Waals surface area (Å²) >= 11 is 0. The Morgan fingerprint density at radius 3 is 2.41 bits per heavy atom. The molecule has 112 valence electrons. The maximum atomic E-state index is 12.3. The topological polar surface area (TPSA) is 64.2 Å². The molecule has 1 N–H and O–H groups in total. The SMILES string of the molecule is COc1cc2nc(Cc3ccccc3)[nH]c(=O)c2cc1OC. The van der Waals surface area contributed by atoms with Crippen molar-refractivity contribution in [2.24, 2.45) is 0 Å². The number of rotatable bonds is 4. The smallest absolute Gasteiger partial charge is 0.258 e. The van der Waals surface area contributed by atoms with Crippen LogP contribution in [0.1, 0.15) is 11.4 Å². The molecule has 1 heterocycles. The number of benzene rings is 2. The first-order valence-corrected chi connectivity index (χ1v) is 6.90. The molecule has 0 saturated carbocycles. The standard InChI is InChI=1S/C17H16N2O3/c1-21-14-9-12-13(10-15(14)22-2)18-16(19-17(12)20)8-11-6-4-3-5-7-11/h3-7,9-10H,8H2,1-2H3,(H,18,19,20). The van der Waals surface area contributed by atoms with Crippen molar-refractivity contribution in [3.63, 3.8) is 0 Å². The van der Waals surface area contributed by atoms with Gasteiger partial charge in [0, 0.05) is 12.5 Å². The summed E-state index contributed by atoms with van der Waals surface area (Å²) in [7, 11) is 3.09. The van der Waals surface area contributed by atoms with E-state index in [1.807, 2.05) is 30.3 Å². The first-order chi connectivity index (χ1) is 10.7. The van der Waals surface area contributed by atoms with Gasteiger partial charge < -0.3 is 14.5 Å². The zero-order valence-electron chi connectivity index (χ0n) is 12.4. The number of hydrogen-bond donors (Lipinski definition) is 1. The highest BCUT2D eigenvalue weighted by atomic mass is 16.5. The van der Waals surface area contributed by atoms with Gasteiger partial charge in [0.25, 0.3) is 5.56 Å². The molecular weight excluding hydrogens is 280 g/mol. The minimum absolute atomic E-state index is 0.183. The van der Waals surface area contributed by atoms with Crippen molar-refractivity contribution in [1.82, 2.24) is 9.97 Å². The van der Waals surface area contributed by atoms with E-state index >= 15 is 0 Å². The number of aromatic nitrogens is 2. The maximum absolute atomic E-state index is 12.3. The average molecular weight is 296 g/mol. The number of aromatic amines is 1. The van der Waals surface area contributed by atoms with Gasteiger partial charge in [0.2, 0.25) is 0 Å². The summed E-state index contributed by atoms with van der Waals surface area (Å²) in [6.07, 6.45) is 0.570. The third-order valence-electron chi connectivity index (χ3n) is 3.47. The molecule has 22 heavy (non-hydrogen) atoms. The molecule has 0 saturated heterocycles. The number of hydrogen-bond acceptors (Lipinski definition) is 4. The second-order valence-electron chi connectivity index (χ2n) is 4.90. The van der Waals surface area contributed by atoms with Crippen LogP contribution < -0.4 is 15.0 Å². The Morgan fingerprint density at radius 2 is 1.73 bits per heavy atom. The van der Waals surface area contributed by atoms with Gasteiger partial charge in [-0.25, -0.2) is 4.98 Å². The molecule has 0 aliphatic rings. The Labute approximate surface area is 127 Å². The van der Waals surface area contributed by atoms with Crippen LogP contribution in [0, 0.1) is 0 Å². The molecule has 1 aromatic heterocycles. The molecule has 3 rings (SSSR count). The lowest BCUT2D eigenvalue weighted by Crippen LogP contribution is -2.12. The fraction of sp³-hybridized carbons (Fsp3) is 0.176. The Bertz CT molecular complexity index is 857. The molecule has 5 nitrogen and oxygen atoms in total. The van der Waals surface area contributed by atoms with Crippen LogP contribution >= 0.6 is 0 Å². The van der Waals surface area contributed by atoms with Crippen molar-refractivity contribution in [2.45, 2.75) is 6.42 Å². The molecule has 2 aromatic carbocycles. The molecule has 0 unspecified atom stereocenters. The second kappa shape index (κ2) is 5.89. The van der Waals surface area contributed by atoms with Gasteiger partial charge in [-0.1, -0.05) is 30.3 Å². The van der Waals surface area contributed by atoms with Gasteiger partial charge in [-0.2, -0.15) is 0 Å². The molecule has 3 aromatic rings. The van der Waals surface area contributed by atoms with Gasteiger partial charge in [0.05, 0.1) is 25.1 Å². The number of nitrogens with zero attached hydrogens (tertiary/aromatic N) is 1. The fourth-order valence-corrected chi connectivity index (χ4v) is 2.39. The maximum Gasteiger partial charge on any atom is 0.258 e. The van der Waals surface area contributed by atoms with E-state index in [-0.39, 0.29) is 5.56 Å². The zero-order chi connectivity index (χ0) is 15.5. The molecule has 0 aliphatic carbocycles. The monoisotopic (exact) mass is 296 g/mol. The molecule has 0 amide bonds. The quantitative estimate of drug-likeness (QED) is 0.803. The van der Waals surface area contributed by atoms with Crippen LogP contribution in [-0.4, -0.2) is 24.2 Å². The number of H-pyrrole nitrogens is 1. The van der Waals surface area contributed by atoms with Crippen LogP contribution in [0.15, 0.2) is 47.3 Å². The minimum Gasteiger partial charge on any atom is -0.493 e. The Hall–Kier alpha value is -2.82. The van der Waals surface area contributed by atoms with Crippen molar-refractivity contribution in [3.8, 4) is 11.5 Å². The Kier molecular flexibility index (Phi) is 3.78. The molecule has 0 radical (unpaired) electrons. The predicted molar refractivity (Wildman–Crippen MR) is 84.7 cm³/mol. The predicted octanol–water partition coefficient (Wildman–Crippen LogP) is 2.53. The molecule has 0 fully saturated rings. The van der Waals surface area contributed by atoms with E-state index in [1.54, 1.807) is 19.2 Å². The first kappa shape index (κ1) is 14.1. The molecule has 0 spiro atoms. The number of ether oxygens (including phenoxy) is 2. The third kappa shape index (κ3) is 2.65. The van der Waals surface area contributed by atoms with Gasteiger partial charge in [-0.15, -0.1) is 0 Å². The van der Waals surface area contributed by atoms with Gasteiger partial charge in [-0.3, -0.25) is 4.79 Å². The Morgan fingerprint density at radius 1 is 1.05 bits per heavy atom. The largest absolute Gasteiger partial charge is 0.493 e. The van der Waals surface area contributed by atoms with E-state index in [2.05, 4.69) is 9.97 Å². The highest BCUT2D eigenvalue weighted by Crippen LogP contribution is 2.29. The van der Waals surface area contributed by atoms with Gasteiger partial charge in [0.1, 0.15) is 5.82 Å². The van der Waals surface area contributed by atoms with Crippen molar-refractivity contribution in [1.29, 1.82) is 0 Å². The van der Waals surface area contributed by atoms with E-state index in [4.69, 9.17) is 9.47 Å². The average Bonchev–Trinajstić information content (AvgIpc) is 2.54. The van der Waals surface area contributed by atoms with Crippen molar-refractivity contribution in [2.75, 3.05) is 14.2 Å². The lowest BCUT2D eigenvalue weighted by Gasteiger charge is -2.09. The van der Waals surface area contributed by atoms with Crippen molar-refractivity contribution >= 4 is 10.9 Å². The lowest BCUT2D eigenvalue weighted by molar-refractivity contribution is 0.355. The summed E-state index contributed by atoms with van der Waals surface area (Å²) in [6.45, 7) is 0. The summed E-state index contributed by atoms with van der Waals surface area (Å²) in [4.78, 5) is 19.6. The van der Waals surface area contributed by atoms with E-state index in [1.165, 1.54) is 7.11 Å². The van der Waals surface area contributed by atoms with E-state index < -0.39 is 0 Å². The highest BCUT2D eigenvalue weighted by Gasteiger charge is 2.11. The van der Waals surface area contributed by atoms with Crippen molar-refractivity contribution < 1.29 is 9.47 Å². The highest BCUT2D eigenvalue weighted by molar-refractivity contribution is 5.81. The number of nitrogens with one attached hydrogen (secondary N) is 1. The van der Waals surface area contributed by atoms with Crippen LogP contribution in [-0.2, 0) is 6.42 Å². The summed E-state index contributed by atoms with van der Waals surface area (Å²) in [6, 6.07) is 13.2. The van der Waals surface area contributed by atoms with Crippen molar-refractivity contribution in [3.05, 3.63) is 64.2 Å². The zero-order valence-corrected chi connectivity index (χ0v) is 12.4. The van der Waals surface area contributed by atoms with E-state index in [0.717, 1.165) is 5.56 Å². The molecular formula is C17H16N2O3.